The topological polar surface area (TPSA) is 102 Å². The fraction of sp³-hybridized carbons (Fsp3) is 0.400. The first-order valence-electron chi connectivity index (χ1n) is 14.0. The molecule has 11 heteroatoms. The smallest absolute Gasteiger partial charge is 0.263 e. The van der Waals surface area contributed by atoms with Gasteiger partial charge in [-0.2, -0.15) is 0 Å². The van der Waals surface area contributed by atoms with Crippen LogP contribution < -0.4 is 15.4 Å². The van der Waals surface area contributed by atoms with Crippen LogP contribution in [0.3, 0.4) is 0 Å². The number of thiophene rings is 1. The first-order valence-corrected chi connectivity index (χ1v) is 18.3. The zero-order valence-electron chi connectivity index (χ0n) is 23.8. The number of pyridine rings is 1. The number of hydrogen-bond donors (Lipinski definition) is 2. The number of ether oxygens (including phenoxy) is 2. The standard InChI is InChI=1S/C30H34N6O3SSi/c1-19-18-31-27-26-21-5-6-24(33-23(21)7-8-25(26)40-28(27)29(37)32-19)22-17-20(9-16-41(2,3)4)34-35-30(22)39-15-12-36-10-13-38-14-11-36/h5-8,17,19,31H,10-15,18H2,1-4H3,(H,32,37)/t19-/m1/s1. The highest BCUT2D eigenvalue weighted by molar-refractivity contribution is 7.21. The maximum atomic E-state index is 12.8. The average Bonchev–Trinajstić information content (AvgIpc) is 3.28. The predicted octanol–water partition coefficient (Wildman–Crippen LogP) is 4.39. The van der Waals surface area contributed by atoms with Crippen molar-refractivity contribution >= 4 is 52.0 Å². The summed E-state index contributed by atoms with van der Waals surface area (Å²) >= 11 is 1.51. The average molecular weight is 587 g/mol. The van der Waals surface area contributed by atoms with Crippen LogP contribution in [0.2, 0.25) is 19.6 Å². The van der Waals surface area contributed by atoms with Gasteiger partial charge in [-0.05, 0) is 37.3 Å². The summed E-state index contributed by atoms with van der Waals surface area (Å²) in [6, 6.07) is 10.1. The molecule has 1 fully saturated rings. The molecule has 9 nitrogen and oxygen atoms in total. The Labute approximate surface area is 244 Å². The number of rotatable bonds is 5. The molecule has 0 aliphatic carbocycles. The van der Waals surface area contributed by atoms with Crippen molar-refractivity contribution in [3.63, 3.8) is 0 Å². The summed E-state index contributed by atoms with van der Waals surface area (Å²) in [6.45, 7) is 13.8. The van der Waals surface area contributed by atoms with E-state index in [2.05, 4.69) is 62.9 Å². The van der Waals surface area contributed by atoms with E-state index in [0.717, 1.165) is 70.8 Å². The third-order valence-corrected chi connectivity index (χ3v) is 9.07. The maximum Gasteiger partial charge on any atom is 0.263 e. The van der Waals surface area contributed by atoms with Crippen LogP contribution in [0.25, 0.3) is 32.2 Å². The highest BCUT2D eigenvalue weighted by atomic mass is 32.1. The van der Waals surface area contributed by atoms with Crippen molar-refractivity contribution in [2.24, 2.45) is 0 Å². The van der Waals surface area contributed by atoms with E-state index in [4.69, 9.17) is 14.5 Å². The molecule has 1 amide bonds. The number of fused-ring (bicyclic) bond motifs is 5. The van der Waals surface area contributed by atoms with E-state index in [1.165, 1.54) is 11.3 Å². The van der Waals surface area contributed by atoms with Gasteiger partial charge in [0.1, 0.15) is 25.3 Å². The molecule has 1 aromatic carbocycles. The highest BCUT2D eigenvalue weighted by Gasteiger charge is 2.25. The Balaban J connectivity index is 1.38. The van der Waals surface area contributed by atoms with Crippen LogP contribution in [0, 0.1) is 11.5 Å². The zero-order valence-corrected chi connectivity index (χ0v) is 25.7. The van der Waals surface area contributed by atoms with Crippen LogP contribution >= 0.6 is 11.3 Å². The van der Waals surface area contributed by atoms with Gasteiger partial charge in [-0.3, -0.25) is 9.69 Å². The largest absolute Gasteiger partial charge is 0.475 e. The minimum atomic E-state index is -1.60. The molecule has 3 aromatic heterocycles. The minimum Gasteiger partial charge on any atom is -0.475 e. The van der Waals surface area contributed by atoms with Gasteiger partial charge in [0, 0.05) is 47.7 Å². The number of carbonyl (C=O) groups is 1. The summed E-state index contributed by atoms with van der Waals surface area (Å²) in [5, 5.41) is 17.4. The SMILES string of the molecule is C[C@@H]1CNc2c(sc3ccc4nc(-c5cc(C#C[Si](C)(C)C)nnc5OCCN5CCOCC5)ccc4c23)C(=O)N1. The molecule has 4 aromatic rings. The number of anilines is 1. The van der Waals surface area contributed by atoms with E-state index in [1.54, 1.807) is 0 Å². The van der Waals surface area contributed by atoms with E-state index in [-0.39, 0.29) is 11.9 Å². The fourth-order valence-corrected chi connectivity index (χ4v) is 6.56. The number of morpholine rings is 1. The normalized spacial score (nSPS) is 17.8. The predicted molar refractivity (Wildman–Crippen MR) is 167 cm³/mol. The van der Waals surface area contributed by atoms with Crippen molar-refractivity contribution in [3.05, 3.63) is 40.9 Å². The van der Waals surface area contributed by atoms with Gasteiger partial charge in [-0.1, -0.05) is 25.6 Å². The van der Waals surface area contributed by atoms with Gasteiger partial charge in [0.15, 0.2) is 0 Å². The molecule has 0 spiro atoms. The number of carbonyl (C=O) groups excluding carboxylic acids is 1. The maximum absolute atomic E-state index is 12.8. The number of benzene rings is 1. The van der Waals surface area contributed by atoms with E-state index >= 15 is 0 Å². The van der Waals surface area contributed by atoms with Crippen LogP contribution in [0.1, 0.15) is 22.3 Å². The van der Waals surface area contributed by atoms with Crippen molar-refractivity contribution in [2.75, 3.05) is 51.3 Å². The Bertz CT molecular complexity index is 1680. The van der Waals surface area contributed by atoms with E-state index in [0.29, 0.717) is 29.6 Å². The van der Waals surface area contributed by atoms with Gasteiger partial charge in [-0.25, -0.2) is 4.98 Å². The fourth-order valence-electron chi connectivity index (χ4n) is 4.95. The van der Waals surface area contributed by atoms with Crippen LogP contribution in [0.5, 0.6) is 5.88 Å². The number of nitrogens with one attached hydrogen (secondary N) is 2. The number of aromatic nitrogens is 3. The molecule has 2 N–H and O–H groups in total. The van der Waals surface area contributed by atoms with Crippen LogP contribution in [0.15, 0.2) is 30.3 Å². The van der Waals surface area contributed by atoms with Crippen LogP contribution in [0.4, 0.5) is 5.69 Å². The molecule has 1 saturated heterocycles. The van der Waals surface area contributed by atoms with E-state index in [1.807, 2.05) is 31.2 Å². The summed E-state index contributed by atoms with van der Waals surface area (Å²) in [4.78, 5) is 20.9. The van der Waals surface area contributed by atoms with Crippen LogP contribution in [-0.4, -0.2) is 86.1 Å². The Hall–Kier alpha value is -3.56. The number of amides is 1. The molecule has 212 valence electrons. The molecule has 0 saturated carbocycles. The number of nitrogens with zero attached hydrogens (tertiary/aromatic N) is 4. The molecule has 6 rings (SSSR count). The van der Waals surface area contributed by atoms with Gasteiger partial charge in [0.05, 0.1) is 35.7 Å². The molecule has 41 heavy (non-hydrogen) atoms. The van der Waals surface area contributed by atoms with Crippen molar-refractivity contribution < 1.29 is 14.3 Å². The second kappa shape index (κ2) is 11.4. The summed E-state index contributed by atoms with van der Waals surface area (Å²) in [6.07, 6.45) is 0. The molecule has 1 atom stereocenters. The molecule has 0 bridgehead atoms. The Morgan fingerprint density at radius 2 is 2.00 bits per heavy atom. The lowest BCUT2D eigenvalue weighted by Crippen LogP contribution is -2.38. The molecule has 2 aliphatic heterocycles. The first-order chi connectivity index (χ1) is 19.7. The third-order valence-electron chi connectivity index (χ3n) is 7.04. The van der Waals surface area contributed by atoms with Crippen molar-refractivity contribution in [3.8, 4) is 28.6 Å². The first kappa shape index (κ1) is 27.6. The van der Waals surface area contributed by atoms with E-state index in [9.17, 15) is 4.79 Å². The summed E-state index contributed by atoms with van der Waals surface area (Å²) in [7, 11) is -1.60. The molecule has 0 unspecified atom stereocenters. The molecule has 2 aliphatic rings. The summed E-state index contributed by atoms with van der Waals surface area (Å²) < 4.78 is 12.7. The zero-order chi connectivity index (χ0) is 28.6. The Morgan fingerprint density at radius 3 is 2.80 bits per heavy atom. The summed E-state index contributed by atoms with van der Waals surface area (Å²) in [5.41, 5.74) is 7.20. The molecular formula is C30H34N6O3SSi. The third kappa shape index (κ3) is 6.06. The lowest BCUT2D eigenvalue weighted by atomic mass is 10.1. The van der Waals surface area contributed by atoms with Crippen molar-refractivity contribution in [1.82, 2.24) is 25.4 Å². The molecular weight excluding hydrogens is 553 g/mol. The number of hydrogen-bond acceptors (Lipinski definition) is 9. The van der Waals surface area contributed by atoms with Gasteiger partial charge in [-0.15, -0.1) is 27.1 Å². The van der Waals surface area contributed by atoms with Crippen molar-refractivity contribution in [2.45, 2.75) is 32.6 Å². The Morgan fingerprint density at radius 1 is 1.17 bits per heavy atom. The second-order valence-electron chi connectivity index (χ2n) is 11.5. The molecule has 0 radical (unpaired) electrons. The van der Waals surface area contributed by atoms with Gasteiger partial charge in [0.2, 0.25) is 5.88 Å². The van der Waals surface area contributed by atoms with E-state index < -0.39 is 8.07 Å². The van der Waals surface area contributed by atoms with Gasteiger partial charge >= 0.3 is 0 Å². The second-order valence-corrected chi connectivity index (χ2v) is 17.3. The Kier molecular flexibility index (Phi) is 7.65. The van der Waals surface area contributed by atoms with Crippen molar-refractivity contribution in [1.29, 1.82) is 0 Å². The molecule has 5 heterocycles. The van der Waals surface area contributed by atoms with Crippen LogP contribution in [-0.2, 0) is 4.74 Å². The lowest BCUT2D eigenvalue weighted by Gasteiger charge is -2.26. The lowest BCUT2D eigenvalue weighted by molar-refractivity contribution is 0.0320. The summed E-state index contributed by atoms with van der Waals surface area (Å²) in [5.74, 6) is 3.63. The quantitative estimate of drug-likeness (QED) is 0.262. The monoisotopic (exact) mass is 586 g/mol. The van der Waals surface area contributed by atoms with Gasteiger partial charge < -0.3 is 20.1 Å². The van der Waals surface area contributed by atoms with Gasteiger partial charge in [0.25, 0.3) is 5.91 Å². The minimum absolute atomic E-state index is 0.0369. The highest BCUT2D eigenvalue weighted by Crippen LogP contribution is 2.41.